The Kier molecular flexibility index (Phi) is 3.50. The molecule has 1 aliphatic heterocycles. The molecule has 0 aromatic heterocycles. The lowest BCUT2D eigenvalue weighted by Crippen LogP contribution is -2.41. The second-order valence-electron chi connectivity index (χ2n) is 6.99. The van der Waals surface area contributed by atoms with Crippen molar-refractivity contribution in [2.75, 3.05) is 0 Å². The molecule has 0 amide bonds. The fourth-order valence-electron chi connectivity index (χ4n) is 2.98. The first kappa shape index (κ1) is 15.4. The Balaban J connectivity index is 2.17. The van der Waals surface area contributed by atoms with Gasteiger partial charge in [0, 0.05) is 0 Å². The second-order valence-corrected chi connectivity index (χ2v) is 6.99. The summed E-state index contributed by atoms with van der Waals surface area (Å²) in [6.07, 6.45) is 0.849. The molecule has 1 N–H and O–H groups in total. The monoisotopic (exact) mass is 298 g/mol. The summed E-state index contributed by atoms with van der Waals surface area (Å²) >= 11 is 0. The Hall–Kier alpha value is -1.52. The highest BCUT2D eigenvalue weighted by Crippen LogP contribution is 2.37. The lowest BCUT2D eigenvalue weighted by Gasteiger charge is -2.32. The van der Waals surface area contributed by atoms with E-state index in [0.29, 0.717) is 5.75 Å². The molecule has 1 fully saturated rings. The molecular formula is C18H23BO3. The van der Waals surface area contributed by atoms with Crippen molar-refractivity contribution in [3.8, 4) is 5.75 Å². The van der Waals surface area contributed by atoms with Crippen LogP contribution in [-0.4, -0.2) is 23.4 Å². The van der Waals surface area contributed by atoms with Gasteiger partial charge in [0.15, 0.2) is 0 Å². The van der Waals surface area contributed by atoms with Crippen molar-refractivity contribution >= 4 is 23.4 Å². The van der Waals surface area contributed by atoms with E-state index in [4.69, 9.17) is 9.31 Å². The van der Waals surface area contributed by atoms with Crippen molar-refractivity contribution < 1.29 is 14.4 Å². The standard InChI is InChI=1S/C18H23BO3/c1-6-12-10-14(20)11-13-8-7-9-15(16(12)13)19-21-17(2,3)18(4,5)22-19/h7-11,20H,6H2,1-5H3. The van der Waals surface area contributed by atoms with E-state index in [2.05, 4.69) is 40.7 Å². The number of hydrogen-bond donors (Lipinski definition) is 1. The van der Waals surface area contributed by atoms with Crippen molar-refractivity contribution in [1.82, 2.24) is 0 Å². The molecule has 3 nitrogen and oxygen atoms in total. The van der Waals surface area contributed by atoms with Crippen molar-refractivity contribution in [2.45, 2.75) is 52.2 Å². The first-order chi connectivity index (χ1) is 10.2. The predicted octanol–water partition coefficient (Wildman–Crippen LogP) is 3.41. The summed E-state index contributed by atoms with van der Waals surface area (Å²) < 4.78 is 12.4. The predicted molar refractivity (Wildman–Crippen MR) is 90.7 cm³/mol. The largest absolute Gasteiger partial charge is 0.508 e. The van der Waals surface area contributed by atoms with Crippen LogP contribution in [0.5, 0.6) is 5.75 Å². The SMILES string of the molecule is CCc1cc(O)cc2cccc(B3OC(C)(C)C(C)(C)O3)c12. The molecule has 3 rings (SSSR count). The highest BCUT2D eigenvalue weighted by atomic mass is 16.7. The zero-order valence-corrected chi connectivity index (χ0v) is 13.9. The van der Waals surface area contributed by atoms with Crippen LogP contribution < -0.4 is 5.46 Å². The number of aryl methyl sites for hydroxylation is 1. The summed E-state index contributed by atoms with van der Waals surface area (Å²) in [5, 5.41) is 12.0. The highest BCUT2D eigenvalue weighted by molar-refractivity contribution is 6.65. The zero-order valence-electron chi connectivity index (χ0n) is 13.9. The summed E-state index contributed by atoms with van der Waals surface area (Å²) in [7, 11) is -0.386. The van der Waals surface area contributed by atoms with Gasteiger partial charge in [-0.1, -0.05) is 25.1 Å². The number of phenolic OH excluding ortho intramolecular Hbond substituents is 1. The van der Waals surface area contributed by atoms with Gasteiger partial charge in [-0.05, 0) is 68.0 Å². The molecule has 0 spiro atoms. The molecule has 0 aliphatic carbocycles. The molecule has 0 bridgehead atoms. The number of benzene rings is 2. The lowest BCUT2D eigenvalue weighted by atomic mass is 9.75. The van der Waals surface area contributed by atoms with E-state index in [1.54, 1.807) is 6.07 Å². The van der Waals surface area contributed by atoms with Crippen LogP contribution >= 0.6 is 0 Å². The van der Waals surface area contributed by atoms with E-state index in [0.717, 1.165) is 28.2 Å². The number of hydrogen-bond acceptors (Lipinski definition) is 3. The van der Waals surface area contributed by atoms with E-state index < -0.39 is 0 Å². The Labute approximate surface area is 132 Å². The molecule has 1 aliphatic rings. The van der Waals surface area contributed by atoms with Gasteiger partial charge >= 0.3 is 7.12 Å². The smallest absolute Gasteiger partial charge is 0.495 e. The third-order valence-corrected chi connectivity index (χ3v) is 4.96. The third-order valence-electron chi connectivity index (χ3n) is 4.96. The van der Waals surface area contributed by atoms with Gasteiger partial charge in [-0.3, -0.25) is 0 Å². The van der Waals surface area contributed by atoms with Gasteiger partial charge < -0.3 is 14.4 Å². The lowest BCUT2D eigenvalue weighted by molar-refractivity contribution is 0.00578. The van der Waals surface area contributed by atoms with E-state index in [9.17, 15) is 5.11 Å². The van der Waals surface area contributed by atoms with Crippen LogP contribution in [0.3, 0.4) is 0 Å². The second kappa shape index (κ2) is 5.00. The van der Waals surface area contributed by atoms with Crippen LogP contribution in [0.1, 0.15) is 40.2 Å². The maximum atomic E-state index is 9.90. The molecule has 0 radical (unpaired) electrons. The van der Waals surface area contributed by atoms with E-state index in [-0.39, 0.29) is 18.3 Å². The summed E-state index contributed by atoms with van der Waals surface area (Å²) in [6.45, 7) is 10.3. The van der Waals surface area contributed by atoms with E-state index in [1.807, 2.05) is 18.2 Å². The Morgan fingerprint density at radius 1 is 1.05 bits per heavy atom. The first-order valence-corrected chi connectivity index (χ1v) is 7.85. The molecular weight excluding hydrogens is 275 g/mol. The van der Waals surface area contributed by atoms with Crippen LogP contribution in [0, 0.1) is 0 Å². The van der Waals surface area contributed by atoms with Gasteiger partial charge in [0.25, 0.3) is 0 Å². The van der Waals surface area contributed by atoms with Crippen molar-refractivity contribution in [3.63, 3.8) is 0 Å². The number of aromatic hydroxyl groups is 1. The summed E-state index contributed by atoms with van der Waals surface area (Å²) in [4.78, 5) is 0. The quantitative estimate of drug-likeness (QED) is 0.864. The molecule has 2 aromatic rings. The molecule has 0 saturated carbocycles. The molecule has 1 heterocycles. The van der Waals surface area contributed by atoms with E-state index >= 15 is 0 Å². The molecule has 0 atom stereocenters. The minimum Gasteiger partial charge on any atom is -0.508 e. The van der Waals surface area contributed by atoms with Crippen LogP contribution in [-0.2, 0) is 15.7 Å². The number of fused-ring (bicyclic) bond motifs is 1. The maximum absolute atomic E-state index is 9.90. The fourth-order valence-corrected chi connectivity index (χ4v) is 2.98. The Morgan fingerprint density at radius 3 is 2.27 bits per heavy atom. The molecule has 2 aromatic carbocycles. The average molecular weight is 298 g/mol. The van der Waals surface area contributed by atoms with Crippen LogP contribution in [0.25, 0.3) is 10.8 Å². The van der Waals surface area contributed by atoms with Gasteiger partial charge in [-0.2, -0.15) is 0 Å². The van der Waals surface area contributed by atoms with Gasteiger partial charge in [0.2, 0.25) is 0 Å². The molecule has 1 saturated heterocycles. The van der Waals surface area contributed by atoms with Gasteiger partial charge in [0.1, 0.15) is 5.75 Å². The molecule has 116 valence electrons. The zero-order chi connectivity index (χ0) is 16.1. The molecule has 4 heteroatoms. The average Bonchev–Trinajstić information content (AvgIpc) is 2.65. The van der Waals surface area contributed by atoms with E-state index in [1.165, 1.54) is 0 Å². The summed E-state index contributed by atoms with van der Waals surface area (Å²) in [5.74, 6) is 0.301. The van der Waals surface area contributed by atoms with Crippen molar-refractivity contribution in [3.05, 3.63) is 35.9 Å². The topological polar surface area (TPSA) is 38.7 Å². The summed E-state index contributed by atoms with van der Waals surface area (Å²) in [6, 6.07) is 9.69. The van der Waals surface area contributed by atoms with Crippen LogP contribution in [0.2, 0.25) is 0 Å². The fraction of sp³-hybridized carbons (Fsp3) is 0.444. The van der Waals surface area contributed by atoms with Gasteiger partial charge in [-0.15, -0.1) is 0 Å². The molecule has 0 unspecified atom stereocenters. The van der Waals surface area contributed by atoms with Crippen molar-refractivity contribution in [1.29, 1.82) is 0 Å². The third kappa shape index (κ3) is 2.31. The normalized spacial score (nSPS) is 19.8. The summed E-state index contributed by atoms with van der Waals surface area (Å²) in [5.41, 5.74) is 1.43. The first-order valence-electron chi connectivity index (χ1n) is 7.85. The van der Waals surface area contributed by atoms with Gasteiger partial charge in [0.05, 0.1) is 11.2 Å². The van der Waals surface area contributed by atoms with Crippen LogP contribution in [0.4, 0.5) is 0 Å². The Morgan fingerprint density at radius 2 is 1.68 bits per heavy atom. The van der Waals surface area contributed by atoms with Crippen LogP contribution in [0.15, 0.2) is 30.3 Å². The highest BCUT2D eigenvalue weighted by Gasteiger charge is 2.52. The number of phenols is 1. The van der Waals surface area contributed by atoms with Crippen molar-refractivity contribution in [2.24, 2.45) is 0 Å². The van der Waals surface area contributed by atoms with Gasteiger partial charge in [-0.25, -0.2) is 0 Å². The minimum absolute atomic E-state index is 0.301. The molecule has 22 heavy (non-hydrogen) atoms. The number of rotatable bonds is 2. The minimum atomic E-state index is -0.386. The maximum Gasteiger partial charge on any atom is 0.495 e. The Bertz CT molecular complexity index is 706.